The van der Waals surface area contributed by atoms with Crippen molar-refractivity contribution < 1.29 is 44.3 Å². The van der Waals surface area contributed by atoms with Crippen molar-refractivity contribution in [3.8, 4) is 0 Å². The summed E-state index contributed by atoms with van der Waals surface area (Å²) >= 11 is 0. The molecule has 9 nitrogen and oxygen atoms in total. The van der Waals surface area contributed by atoms with Crippen molar-refractivity contribution in [3.05, 3.63) is 0 Å². The number of fused-ring (bicyclic) bond motifs is 5. The molecule has 0 aliphatic heterocycles. The number of carbonyl (C=O) groups excluding carboxylic acids is 4. The van der Waals surface area contributed by atoms with E-state index in [2.05, 4.69) is 6.92 Å². The highest BCUT2D eigenvalue weighted by Crippen LogP contribution is 2.64. The molecule has 4 aliphatic rings. The Balaban J connectivity index is 1.42. The smallest absolute Gasteiger partial charge is 0.338 e. The van der Waals surface area contributed by atoms with Crippen LogP contribution in [0.2, 0.25) is 0 Å². The lowest BCUT2D eigenvalue weighted by molar-refractivity contribution is -0.183. The van der Waals surface area contributed by atoms with E-state index in [1.54, 1.807) is 0 Å². The van der Waals surface area contributed by atoms with Gasteiger partial charge in [-0.25, -0.2) is 4.79 Å². The minimum atomic E-state index is -2.11. The third kappa shape index (κ3) is 3.94. The number of hydrogen-bond acceptors (Lipinski definition) is 9. The SMILES string of the molecule is C[C@]12CC[C@@H](OC(=O)[C@@H](O)[C@@H](O)[C@H](O)[C@@H](O)C=O)C[C@H]1CC[C@@H]1[C@@H]2C(=O)C[C@]2(C)C(=O)CC[C@@H]12. The predicted octanol–water partition coefficient (Wildman–Crippen LogP) is 0.331. The summed E-state index contributed by atoms with van der Waals surface area (Å²) in [6.07, 6.45) is -3.47. The van der Waals surface area contributed by atoms with E-state index in [0.717, 1.165) is 19.3 Å². The van der Waals surface area contributed by atoms with Crippen LogP contribution in [0.15, 0.2) is 0 Å². The summed E-state index contributed by atoms with van der Waals surface area (Å²) in [5, 5.41) is 39.0. The van der Waals surface area contributed by atoms with Gasteiger partial charge in [0.15, 0.2) is 12.4 Å². The van der Waals surface area contributed by atoms with E-state index in [1.165, 1.54) is 0 Å². The molecule has 0 spiro atoms. The highest BCUT2D eigenvalue weighted by atomic mass is 16.6. The molecule has 11 atom stereocenters. The van der Waals surface area contributed by atoms with Gasteiger partial charge in [-0.1, -0.05) is 13.8 Å². The average molecular weight is 481 g/mol. The molecule has 0 saturated heterocycles. The summed E-state index contributed by atoms with van der Waals surface area (Å²) in [5.41, 5.74) is -0.759. The molecule has 4 rings (SSSR count). The lowest BCUT2D eigenvalue weighted by atomic mass is 9.45. The van der Waals surface area contributed by atoms with Crippen LogP contribution in [0, 0.1) is 34.5 Å². The Kier molecular flexibility index (Phi) is 6.78. The van der Waals surface area contributed by atoms with E-state index in [-0.39, 0.29) is 46.9 Å². The van der Waals surface area contributed by atoms with Crippen LogP contribution in [0.25, 0.3) is 0 Å². The van der Waals surface area contributed by atoms with E-state index < -0.39 is 41.9 Å². The molecule has 4 fully saturated rings. The van der Waals surface area contributed by atoms with Crippen LogP contribution in [-0.4, -0.2) is 74.8 Å². The van der Waals surface area contributed by atoms with Gasteiger partial charge in [0.25, 0.3) is 0 Å². The highest BCUT2D eigenvalue weighted by molar-refractivity contribution is 5.95. The number of Topliss-reactive ketones (excluding diaryl/α,β-unsaturated/α-hetero) is 2. The Labute approximate surface area is 198 Å². The Morgan fingerprint density at radius 1 is 1.06 bits per heavy atom. The zero-order valence-corrected chi connectivity index (χ0v) is 19.8. The molecule has 9 heteroatoms. The maximum Gasteiger partial charge on any atom is 0.338 e. The van der Waals surface area contributed by atoms with Crippen LogP contribution in [0.3, 0.4) is 0 Å². The average Bonchev–Trinajstić information content (AvgIpc) is 3.10. The minimum absolute atomic E-state index is 0.000855. The summed E-state index contributed by atoms with van der Waals surface area (Å²) in [7, 11) is 0. The minimum Gasteiger partial charge on any atom is -0.460 e. The van der Waals surface area contributed by atoms with Gasteiger partial charge in [-0.05, 0) is 61.7 Å². The van der Waals surface area contributed by atoms with Crippen molar-refractivity contribution in [3.63, 3.8) is 0 Å². The molecule has 0 amide bonds. The fourth-order valence-electron chi connectivity index (χ4n) is 7.76. The van der Waals surface area contributed by atoms with Gasteiger partial charge in [-0.3, -0.25) is 9.59 Å². The second-order valence-corrected chi connectivity index (χ2v) is 11.4. The number of esters is 1. The fourth-order valence-corrected chi connectivity index (χ4v) is 7.76. The molecule has 4 N–H and O–H groups in total. The molecule has 4 saturated carbocycles. The molecule has 0 aromatic carbocycles. The quantitative estimate of drug-likeness (QED) is 0.310. The first-order valence-electron chi connectivity index (χ1n) is 12.4. The fraction of sp³-hybridized carbons (Fsp3) is 0.840. The molecular weight excluding hydrogens is 444 g/mol. The first-order chi connectivity index (χ1) is 15.9. The molecule has 0 aromatic heterocycles. The summed E-state index contributed by atoms with van der Waals surface area (Å²) in [6, 6.07) is 0. The summed E-state index contributed by atoms with van der Waals surface area (Å²) in [5.74, 6) is -0.210. The normalized spacial score (nSPS) is 43.1. The van der Waals surface area contributed by atoms with Crippen LogP contribution in [-0.2, 0) is 23.9 Å². The second-order valence-electron chi connectivity index (χ2n) is 11.4. The van der Waals surface area contributed by atoms with Gasteiger partial charge in [0.1, 0.15) is 36.0 Å². The maximum absolute atomic E-state index is 13.4. The standard InChI is InChI=1S/C25H36O9/c1-24-8-7-13(34-23(33)22(32)21(31)20(30)17(28)11-26)9-12(24)3-4-14-15-5-6-18(29)25(15,2)10-16(27)19(14)24/h11-15,17,19-22,28,30-32H,3-10H2,1-2H3/t12-,13-,14+,15+,17+,19-,20-,21+,22+,24+,25+/m1/s1. The zero-order chi connectivity index (χ0) is 25.0. The summed E-state index contributed by atoms with van der Waals surface area (Å²) in [4.78, 5) is 48.9. The Morgan fingerprint density at radius 3 is 2.44 bits per heavy atom. The number of aliphatic hydroxyl groups is 4. The van der Waals surface area contributed by atoms with Gasteiger partial charge in [-0.15, -0.1) is 0 Å². The zero-order valence-electron chi connectivity index (χ0n) is 19.8. The predicted molar refractivity (Wildman–Crippen MR) is 117 cm³/mol. The van der Waals surface area contributed by atoms with Crippen molar-refractivity contribution in [2.45, 2.75) is 95.7 Å². The molecule has 0 unspecified atom stereocenters. The molecule has 0 bridgehead atoms. The van der Waals surface area contributed by atoms with E-state index in [9.17, 15) is 39.6 Å². The van der Waals surface area contributed by atoms with Crippen molar-refractivity contribution in [2.24, 2.45) is 34.5 Å². The molecular formula is C25H36O9. The molecule has 190 valence electrons. The number of ether oxygens (including phenoxy) is 1. The van der Waals surface area contributed by atoms with Gasteiger partial charge in [0.2, 0.25) is 0 Å². The van der Waals surface area contributed by atoms with Crippen molar-refractivity contribution in [2.75, 3.05) is 0 Å². The van der Waals surface area contributed by atoms with Crippen LogP contribution in [0.5, 0.6) is 0 Å². The number of aldehydes is 1. The van der Waals surface area contributed by atoms with Gasteiger partial charge < -0.3 is 30.0 Å². The first-order valence-corrected chi connectivity index (χ1v) is 12.4. The van der Waals surface area contributed by atoms with Gasteiger partial charge in [-0.2, -0.15) is 0 Å². The van der Waals surface area contributed by atoms with E-state index in [4.69, 9.17) is 4.74 Å². The molecule has 0 heterocycles. The third-order valence-corrected chi connectivity index (χ3v) is 9.70. The Hall–Kier alpha value is -1.68. The van der Waals surface area contributed by atoms with E-state index in [1.807, 2.05) is 6.92 Å². The first kappa shape index (κ1) is 25.4. The van der Waals surface area contributed by atoms with E-state index >= 15 is 0 Å². The number of rotatable bonds is 6. The van der Waals surface area contributed by atoms with Crippen LogP contribution in [0.4, 0.5) is 0 Å². The van der Waals surface area contributed by atoms with Gasteiger partial charge >= 0.3 is 5.97 Å². The molecule has 0 radical (unpaired) electrons. The number of ketones is 2. The van der Waals surface area contributed by atoms with Gasteiger partial charge in [0.05, 0.1) is 0 Å². The van der Waals surface area contributed by atoms with E-state index in [0.29, 0.717) is 32.1 Å². The van der Waals surface area contributed by atoms with Gasteiger partial charge in [0, 0.05) is 24.2 Å². The highest BCUT2D eigenvalue weighted by Gasteiger charge is 2.63. The summed E-state index contributed by atoms with van der Waals surface area (Å²) < 4.78 is 5.43. The van der Waals surface area contributed by atoms with Crippen molar-refractivity contribution in [1.29, 1.82) is 0 Å². The number of hydrogen-bond donors (Lipinski definition) is 4. The van der Waals surface area contributed by atoms with Crippen LogP contribution < -0.4 is 0 Å². The summed E-state index contributed by atoms with van der Waals surface area (Å²) in [6.45, 7) is 4.12. The van der Waals surface area contributed by atoms with Crippen molar-refractivity contribution in [1.82, 2.24) is 0 Å². The van der Waals surface area contributed by atoms with Crippen LogP contribution >= 0.6 is 0 Å². The second kappa shape index (κ2) is 9.08. The lowest BCUT2D eigenvalue weighted by Crippen LogP contribution is -2.58. The Bertz CT molecular complexity index is 857. The topological polar surface area (TPSA) is 158 Å². The largest absolute Gasteiger partial charge is 0.460 e. The lowest BCUT2D eigenvalue weighted by Gasteiger charge is -2.59. The number of aliphatic hydroxyl groups excluding tert-OH is 4. The van der Waals surface area contributed by atoms with Crippen LogP contribution in [0.1, 0.15) is 65.2 Å². The monoisotopic (exact) mass is 480 g/mol. The third-order valence-electron chi connectivity index (χ3n) is 9.70. The maximum atomic E-state index is 13.4. The van der Waals surface area contributed by atoms with Crippen molar-refractivity contribution >= 4 is 23.8 Å². The molecule has 4 aliphatic carbocycles. The molecule has 0 aromatic rings. The number of carbonyl (C=O) groups is 4. The molecule has 34 heavy (non-hydrogen) atoms. The Morgan fingerprint density at radius 2 is 1.76 bits per heavy atom.